The van der Waals surface area contributed by atoms with Crippen LogP contribution in [0.2, 0.25) is 0 Å². The molecule has 2 saturated heterocycles. The fraction of sp³-hybridized carbons (Fsp3) is 0.348. The van der Waals surface area contributed by atoms with Crippen LogP contribution < -0.4 is 0 Å². The second kappa shape index (κ2) is 7.61. The largest absolute Gasteiger partial charge is 0.338 e. The second-order valence-corrected chi connectivity index (χ2v) is 8.41. The molecule has 0 aliphatic carbocycles. The van der Waals surface area contributed by atoms with Crippen molar-refractivity contribution in [2.24, 2.45) is 11.8 Å². The van der Waals surface area contributed by atoms with Gasteiger partial charge in [0, 0.05) is 31.5 Å². The molecule has 1 aromatic carbocycles. The number of fused-ring (bicyclic) bond motifs is 1. The van der Waals surface area contributed by atoms with E-state index in [1.165, 1.54) is 12.4 Å². The lowest BCUT2D eigenvalue weighted by Gasteiger charge is -2.30. The number of nitrogens with zero attached hydrogens (tertiary/aromatic N) is 5. The summed E-state index contributed by atoms with van der Waals surface area (Å²) in [5.41, 5.74) is 3.34. The maximum atomic E-state index is 13.4. The Hall–Kier alpha value is -3.55. The number of hydrogen-bond acceptors (Lipinski definition) is 5. The number of amides is 2. The first-order chi connectivity index (χ1) is 15.0. The number of aryl methyl sites for hydroxylation is 2. The van der Waals surface area contributed by atoms with Gasteiger partial charge in [0.15, 0.2) is 0 Å². The van der Waals surface area contributed by atoms with Gasteiger partial charge in [-0.05, 0) is 31.0 Å². The van der Waals surface area contributed by atoms with Gasteiger partial charge < -0.3 is 14.8 Å². The van der Waals surface area contributed by atoms with Gasteiger partial charge in [-0.25, -0.2) is 4.98 Å². The predicted octanol–water partition coefficient (Wildman–Crippen LogP) is 2.40. The Kier molecular flexibility index (Phi) is 4.77. The van der Waals surface area contributed by atoms with Crippen molar-refractivity contribution in [1.82, 2.24) is 30.0 Å². The molecule has 2 aliphatic rings. The topological polar surface area (TPSA) is 95.1 Å². The van der Waals surface area contributed by atoms with Gasteiger partial charge in [-0.3, -0.25) is 9.59 Å². The average Bonchev–Trinajstić information content (AvgIpc) is 3.48. The Morgan fingerprint density at radius 1 is 1.00 bits per heavy atom. The first kappa shape index (κ1) is 19.4. The van der Waals surface area contributed by atoms with Crippen molar-refractivity contribution in [3.8, 4) is 0 Å². The summed E-state index contributed by atoms with van der Waals surface area (Å²) in [6, 6.07) is 9.80. The Balaban J connectivity index is 1.46. The quantitative estimate of drug-likeness (QED) is 0.707. The number of nitrogens with one attached hydrogen (secondary N) is 1. The van der Waals surface area contributed by atoms with E-state index >= 15 is 0 Å². The SMILES string of the molecule is Cc1ncc(C(=O)N2C[C@@H]3CN(C(=O)c4ccnnc4)C[C@@H]3[C@@H]2c2ccccc2C)[nH]1. The molecular weight excluding hydrogens is 392 g/mol. The van der Waals surface area contributed by atoms with Crippen LogP contribution in [-0.2, 0) is 0 Å². The van der Waals surface area contributed by atoms with Crippen LogP contribution in [0.15, 0.2) is 48.9 Å². The third-order valence-electron chi connectivity index (χ3n) is 6.48. The zero-order valence-electron chi connectivity index (χ0n) is 17.5. The van der Waals surface area contributed by atoms with Crippen LogP contribution in [-0.4, -0.2) is 61.4 Å². The van der Waals surface area contributed by atoms with Crippen LogP contribution in [0.1, 0.15) is 43.8 Å². The van der Waals surface area contributed by atoms with Gasteiger partial charge in [-0.1, -0.05) is 24.3 Å². The summed E-state index contributed by atoms with van der Waals surface area (Å²) in [5.74, 6) is 1.04. The molecule has 8 heteroatoms. The lowest BCUT2D eigenvalue weighted by molar-refractivity contribution is 0.0672. The number of hydrogen-bond donors (Lipinski definition) is 1. The van der Waals surface area contributed by atoms with Crippen molar-refractivity contribution in [2.75, 3.05) is 19.6 Å². The molecule has 8 nitrogen and oxygen atoms in total. The number of imidazole rings is 1. The van der Waals surface area contributed by atoms with E-state index < -0.39 is 0 Å². The molecule has 0 radical (unpaired) electrons. The van der Waals surface area contributed by atoms with Crippen LogP contribution in [0, 0.1) is 25.7 Å². The van der Waals surface area contributed by atoms with E-state index in [1.807, 2.05) is 28.9 Å². The van der Waals surface area contributed by atoms with Gasteiger partial charge in [0.2, 0.25) is 0 Å². The standard InChI is InChI=1S/C23H24N6O2/c1-14-5-3-4-6-18(14)21-19-13-28(22(30)16-7-8-25-26-9-16)11-17(19)12-29(21)23(31)20-10-24-15(2)27-20/h3-10,17,19,21H,11-13H2,1-2H3,(H,24,27)/t17-,19-,21-/m0/s1. The predicted molar refractivity (Wildman–Crippen MR) is 113 cm³/mol. The first-order valence-corrected chi connectivity index (χ1v) is 10.5. The van der Waals surface area contributed by atoms with Crippen LogP contribution in [0.4, 0.5) is 0 Å². The molecule has 31 heavy (non-hydrogen) atoms. The maximum Gasteiger partial charge on any atom is 0.272 e. The van der Waals surface area contributed by atoms with Gasteiger partial charge in [-0.2, -0.15) is 10.2 Å². The molecule has 2 aliphatic heterocycles. The van der Waals surface area contributed by atoms with Crippen molar-refractivity contribution in [2.45, 2.75) is 19.9 Å². The molecule has 4 heterocycles. The zero-order valence-corrected chi connectivity index (χ0v) is 17.5. The minimum atomic E-state index is -0.0873. The van der Waals surface area contributed by atoms with E-state index in [1.54, 1.807) is 12.3 Å². The van der Waals surface area contributed by atoms with Crippen LogP contribution in [0.3, 0.4) is 0 Å². The lowest BCUT2D eigenvalue weighted by Crippen LogP contribution is -2.37. The molecule has 0 spiro atoms. The molecular formula is C23H24N6O2. The summed E-state index contributed by atoms with van der Waals surface area (Å²) in [4.78, 5) is 37.5. The fourth-order valence-electron chi connectivity index (χ4n) is 5.02. The van der Waals surface area contributed by atoms with Crippen LogP contribution >= 0.6 is 0 Å². The fourth-order valence-corrected chi connectivity index (χ4v) is 5.02. The summed E-state index contributed by atoms with van der Waals surface area (Å²) >= 11 is 0. The molecule has 2 amide bonds. The minimum absolute atomic E-state index is 0.0325. The number of carbonyl (C=O) groups excluding carboxylic acids is 2. The van der Waals surface area contributed by atoms with Gasteiger partial charge in [-0.15, -0.1) is 0 Å². The van der Waals surface area contributed by atoms with Gasteiger partial charge in [0.25, 0.3) is 11.8 Å². The average molecular weight is 416 g/mol. The monoisotopic (exact) mass is 416 g/mol. The summed E-state index contributed by atoms with van der Waals surface area (Å²) in [6.45, 7) is 5.76. The van der Waals surface area contributed by atoms with E-state index in [4.69, 9.17) is 0 Å². The number of aromatic amines is 1. The van der Waals surface area contributed by atoms with Crippen molar-refractivity contribution in [1.29, 1.82) is 0 Å². The maximum absolute atomic E-state index is 13.4. The Morgan fingerprint density at radius 3 is 2.55 bits per heavy atom. The Labute approximate surface area is 180 Å². The van der Waals surface area contributed by atoms with E-state index in [0.717, 1.165) is 17.0 Å². The molecule has 2 fully saturated rings. The van der Waals surface area contributed by atoms with Gasteiger partial charge >= 0.3 is 0 Å². The minimum Gasteiger partial charge on any atom is -0.338 e. The summed E-state index contributed by atoms with van der Waals surface area (Å²) in [5, 5.41) is 7.59. The Bertz CT molecular complexity index is 1130. The summed E-state index contributed by atoms with van der Waals surface area (Å²) in [7, 11) is 0. The van der Waals surface area contributed by atoms with Gasteiger partial charge in [0.05, 0.1) is 30.2 Å². The smallest absolute Gasteiger partial charge is 0.272 e. The highest BCUT2D eigenvalue weighted by molar-refractivity contribution is 5.94. The highest BCUT2D eigenvalue weighted by Crippen LogP contribution is 2.46. The molecule has 5 rings (SSSR count). The molecule has 0 unspecified atom stereocenters. The lowest BCUT2D eigenvalue weighted by atomic mass is 9.87. The van der Waals surface area contributed by atoms with E-state index in [-0.39, 0.29) is 29.7 Å². The first-order valence-electron chi connectivity index (χ1n) is 10.5. The summed E-state index contributed by atoms with van der Waals surface area (Å²) in [6.07, 6.45) is 4.64. The van der Waals surface area contributed by atoms with Crippen molar-refractivity contribution >= 4 is 11.8 Å². The number of aromatic nitrogens is 4. The van der Waals surface area contributed by atoms with Crippen molar-refractivity contribution in [3.05, 3.63) is 77.1 Å². The van der Waals surface area contributed by atoms with Crippen molar-refractivity contribution in [3.63, 3.8) is 0 Å². The molecule has 158 valence electrons. The molecule has 0 saturated carbocycles. The number of H-pyrrole nitrogens is 1. The molecule has 2 aromatic heterocycles. The molecule has 3 atom stereocenters. The van der Waals surface area contributed by atoms with Gasteiger partial charge in [0.1, 0.15) is 11.5 Å². The van der Waals surface area contributed by atoms with E-state index in [2.05, 4.69) is 39.2 Å². The van der Waals surface area contributed by atoms with Crippen LogP contribution in [0.5, 0.6) is 0 Å². The highest BCUT2D eigenvalue weighted by Gasteiger charge is 2.50. The summed E-state index contributed by atoms with van der Waals surface area (Å²) < 4.78 is 0. The number of likely N-dealkylation sites (tertiary alicyclic amines) is 2. The normalized spacial score (nSPS) is 22.6. The van der Waals surface area contributed by atoms with Crippen molar-refractivity contribution < 1.29 is 9.59 Å². The molecule has 3 aromatic rings. The third kappa shape index (κ3) is 3.37. The van der Waals surface area contributed by atoms with E-state index in [9.17, 15) is 9.59 Å². The third-order valence-corrected chi connectivity index (χ3v) is 6.48. The second-order valence-electron chi connectivity index (χ2n) is 8.41. The number of carbonyl (C=O) groups is 2. The highest BCUT2D eigenvalue weighted by atomic mass is 16.2. The molecule has 0 bridgehead atoms. The zero-order chi connectivity index (χ0) is 21.5. The van der Waals surface area contributed by atoms with Crippen LogP contribution in [0.25, 0.3) is 0 Å². The van der Waals surface area contributed by atoms with E-state index in [0.29, 0.717) is 30.9 Å². The Morgan fingerprint density at radius 2 is 1.84 bits per heavy atom. The molecule has 1 N–H and O–H groups in total. The number of rotatable bonds is 3. The number of benzene rings is 1.